The van der Waals surface area contributed by atoms with Gasteiger partial charge in [-0.25, -0.2) is 0 Å². The molecule has 1 unspecified atom stereocenters. The molecule has 0 N–H and O–H groups in total. The van der Waals surface area contributed by atoms with E-state index < -0.39 is 5.41 Å². The molecule has 2 aliphatic carbocycles. The molecule has 75 heavy (non-hydrogen) atoms. The first-order chi connectivity index (χ1) is 37.2. The van der Waals surface area contributed by atoms with E-state index in [0.717, 1.165) is 17.1 Å². The fraction of sp³-hybridized carbons (Fsp3) is 0.0270. The maximum Gasteiger partial charge on any atom is 0.0726 e. The highest BCUT2D eigenvalue weighted by Crippen LogP contribution is 2.64. The summed E-state index contributed by atoms with van der Waals surface area (Å²) in [6.45, 7) is 0. The third-order valence-electron chi connectivity index (χ3n) is 15.9. The smallest absolute Gasteiger partial charge is 0.0726 e. The van der Waals surface area contributed by atoms with E-state index in [1.807, 2.05) is 0 Å². The van der Waals surface area contributed by atoms with Crippen LogP contribution >= 0.6 is 0 Å². The van der Waals surface area contributed by atoms with Gasteiger partial charge in [0.25, 0.3) is 0 Å². The second-order valence-corrected chi connectivity index (χ2v) is 19.9. The lowest BCUT2D eigenvalue weighted by Crippen LogP contribution is -2.26. The van der Waals surface area contributed by atoms with E-state index >= 15 is 0 Å². The Morgan fingerprint density at radius 2 is 0.520 bits per heavy atom. The Kier molecular flexibility index (Phi) is 10.9. The maximum absolute atomic E-state index is 2.56. The second kappa shape index (κ2) is 18.5. The topological polar surface area (TPSA) is 3.24 Å². The zero-order valence-corrected chi connectivity index (χ0v) is 41.4. The van der Waals surface area contributed by atoms with E-state index in [9.17, 15) is 0 Å². The molecular weight excluding hydrogens is 903 g/mol. The van der Waals surface area contributed by atoms with Crippen molar-refractivity contribution in [1.82, 2.24) is 0 Å². The number of benzene rings is 12. The summed E-state index contributed by atoms with van der Waals surface area (Å²) in [5.74, 6) is 0.00225. The van der Waals surface area contributed by atoms with E-state index in [1.54, 1.807) is 0 Å². The van der Waals surface area contributed by atoms with Crippen LogP contribution < -0.4 is 4.90 Å². The molecule has 352 valence electrons. The predicted octanol–water partition coefficient (Wildman–Crippen LogP) is 19.3. The van der Waals surface area contributed by atoms with Gasteiger partial charge in [-0.3, -0.25) is 0 Å². The van der Waals surface area contributed by atoms with Crippen LogP contribution in [0.25, 0.3) is 66.8 Å². The SMILES string of the molecule is c1ccc(-c2ccc(-c3ccc(C(c4ccccc4)c4ccc5c(c4)C4(c6ccccc6-c6ccccc64)c4cc(N(c6ccc(-c7ccccc7)cc6)c6ccc(-c7ccccc7)cc6)ccc4-5)cc3)cc2)cc1. The third-order valence-corrected chi connectivity index (χ3v) is 15.9. The Morgan fingerprint density at radius 1 is 0.213 bits per heavy atom. The van der Waals surface area contributed by atoms with E-state index in [2.05, 4.69) is 308 Å². The summed E-state index contributed by atoms with van der Waals surface area (Å²) in [5, 5.41) is 0. The van der Waals surface area contributed by atoms with Crippen LogP contribution in [-0.2, 0) is 5.41 Å². The lowest BCUT2D eigenvalue weighted by atomic mass is 9.69. The molecule has 1 nitrogen and oxygen atoms in total. The van der Waals surface area contributed by atoms with Crippen molar-refractivity contribution in [1.29, 1.82) is 0 Å². The van der Waals surface area contributed by atoms with Gasteiger partial charge in [-0.15, -0.1) is 0 Å². The minimum atomic E-state index is -0.569. The molecule has 0 bridgehead atoms. The molecule has 1 atom stereocenters. The van der Waals surface area contributed by atoms with E-state index in [0.29, 0.717) is 0 Å². The molecule has 2 aliphatic rings. The minimum absolute atomic E-state index is 0.00225. The summed E-state index contributed by atoms with van der Waals surface area (Å²) >= 11 is 0. The summed E-state index contributed by atoms with van der Waals surface area (Å²) in [5.41, 5.74) is 26.6. The van der Waals surface area contributed by atoms with Crippen molar-refractivity contribution in [2.75, 3.05) is 4.90 Å². The van der Waals surface area contributed by atoms with Crippen molar-refractivity contribution < 1.29 is 0 Å². The molecule has 12 aromatic carbocycles. The van der Waals surface area contributed by atoms with Crippen molar-refractivity contribution in [3.63, 3.8) is 0 Å². The molecule has 1 heteroatoms. The van der Waals surface area contributed by atoms with Gasteiger partial charge < -0.3 is 4.90 Å². The summed E-state index contributed by atoms with van der Waals surface area (Å²) in [4.78, 5) is 2.44. The van der Waals surface area contributed by atoms with Gasteiger partial charge in [-0.2, -0.15) is 0 Å². The Balaban J connectivity index is 0.921. The van der Waals surface area contributed by atoms with Gasteiger partial charge in [-0.1, -0.05) is 267 Å². The van der Waals surface area contributed by atoms with Gasteiger partial charge >= 0.3 is 0 Å². The Morgan fingerprint density at radius 3 is 0.987 bits per heavy atom. The third kappa shape index (κ3) is 7.55. The Labute approximate surface area is 440 Å². The summed E-state index contributed by atoms with van der Waals surface area (Å²) in [7, 11) is 0. The first-order valence-electron chi connectivity index (χ1n) is 26.1. The molecule has 0 aromatic heterocycles. The van der Waals surface area contributed by atoms with E-state index in [-0.39, 0.29) is 5.92 Å². The van der Waals surface area contributed by atoms with Crippen molar-refractivity contribution in [3.05, 3.63) is 342 Å². The number of anilines is 3. The van der Waals surface area contributed by atoms with Crippen LogP contribution in [0.15, 0.2) is 303 Å². The average molecular weight is 954 g/mol. The van der Waals surface area contributed by atoms with Crippen LogP contribution in [0.1, 0.15) is 44.9 Å². The quantitative estimate of drug-likeness (QED) is 0.124. The van der Waals surface area contributed by atoms with Crippen molar-refractivity contribution in [2.45, 2.75) is 11.3 Å². The molecule has 1 spiro atoms. The highest BCUT2D eigenvalue weighted by Gasteiger charge is 2.52. The second-order valence-electron chi connectivity index (χ2n) is 19.9. The van der Waals surface area contributed by atoms with Gasteiger partial charge in [0.1, 0.15) is 0 Å². The minimum Gasteiger partial charge on any atom is -0.310 e. The van der Waals surface area contributed by atoms with Crippen LogP contribution in [-0.4, -0.2) is 0 Å². The number of fused-ring (bicyclic) bond motifs is 10. The van der Waals surface area contributed by atoms with Crippen LogP contribution in [0, 0.1) is 0 Å². The zero-order valence-electron chi connectivity index (χ0n) is 41.4. The number of nitrogens with zero attached hydrogens (tertiary/aromatic N) is 1. The normalized spacial score (nSPS) is 12.9. The fourth-order valence-electron chi connectivity index (χ4n) is 12.4. The Bertz CT molecular complexity index is 3870. The average Bonchev–Trinajstić information content (AvgIpc) is 4.01. The molecule has 0 saturated carbocycles. The largest absolute Gasteiger partial charge is 0.310 e. The lowest BCUT2D eigenvalue weighted by Gasteiger charge is -2.33. The first kappa shape index (κ1) is 44.2. The van der Waals surface area contributed by atoms with Gasteiger partial charge in [0.2, 0.25) is 0 Å². The predicted molar refractivity (Wildman–Crippen MR) is 313 cm³/mol. The highest BCUT2D eigenvalue weighted by atomic mass is 15.1. The van der Waals surface area contributed by atoms with Gasteiger partial charge in [0.15, 0.2) is 0 Å². The maximum atomic E-state index is 2.56. The molecule has 0 radical (unpaired) electrons. The monoisotopic (exact) mass is 953 g/mol. The molecule has 12 aromatic rings. The molecule has 0 amide bonds. The lowest BCUT2D eigenvalue weighted by molar-refractivity contribution is 0.789. The number of hydrogen-bond donors (Lipinski definition) is 0. The highest BCUT2D eigenvalue weighted by molar-refractivity contribution is 5.97. The van der Waals surface area contributed by atoms with Crippen LogP contribution in [0.4, 0.5) is 17.1 Å². The molecule has 0 saturated heterocycles. The van der Waals surface area contributed by atoms with E-state index in [1.165, 1.54) is 106 Å². The summed E-state index contributed by atoms with van der Waals surface area (Å²) in [6.07, 6.45) is 0. The van der Waals surface area contributed by atoms with E-state index in [4.69, 9.17) is 0 Å². The van der Waals surface area contributed by atoms with Crippen LogP contribution in [0.3, 0.4) is 0 Å². The molecule has 0 fully saturated rings. The molecule has 14 rings (SSSR count). The molecule has 0 heterocycles. The fourth-order valence-corrected chi connectivity index (χ4v) is 12.4. The van der Waals surface area contributed by atoms with Crippen molar-refractivity contribution in [2.24, 2.45) is 0 Å². The summed E-state index contributed by atoms with van der Waals surface area (Å²) < 4.78 is 0. The van der Waals surface area contributed by atoms with Crippen molar-refractivity contribution in [3.8, 4) is 66.8 Å². The van der Waals surface area contributed by atoms with Gasteiger partial charge in [0.05, 0.1) is 5.41 Å². The number of hydrogen-bond acceptors (Lipinski definition) is 1. The Hall–Kier alpha value is -9.56. The van der Waals surface area contributed by atoms with Crippen LogP contribution in [0.2, 0.25) is 0 Å². The van der Waals surface area contributed by atoms with Crippen LogP contribution in [0.5, 0.6) is 0 Å². The summed E-state index contributed by atoms with van der Waals surface area (Å²) in [6, 6.07) is 112. The van der Waals surface area contributed by atoms with Crippen molar-refractivity contribution >= 4 is 17.1 Å². The molecule has 0 aliphatic heterocycles. The first-order valence-corrected chi connectivity index (χ1v) is 26.1. The van der Waals surface area contributed by atoms with Gasteiger partial charge in [0, 0.05) is 23.0 Å². The van der Waals surface area contributed by atoms with Gasteiger partial charge in [-0.05, 0) is 142 Å². The standard InChI is InChI=1S/C74H51N/c1-5-17-51(18-6-1)54-29-31-55(32-30-54)56-33-35-60(36-34-56)73(59-23-11-4-12-24-59)61-41-47-67-68-48-46-64(50-72(68)74(71(67)49-61)69-27-15-13-25-65(69)66-26-14-16-28-70(66)74)75(62-42-37-57(38-43-62)52-19-7-2-8-20-52)63-44-39-58(40-45-63)53-21-9-3-10-22-53/h1-50,73H. The zero-order chi connectivity index (χ0) is 49.7. The number of rotatable bonds is 10. The molecular formula is C74H51N.